The van der Waals surface area contributed by atoms with Crippen LogP contribution in [-0.4, -0.2) is 7.05 Å². The smallest absolute Gasteiger partial charge is 0.388 e. The van der Waals surface area contributed by atoms with Gasteiger partial charge in [-0.1, -0.05) is 19.9 Å². The van der Waals surface area contributed by atoms with E-state index in [1.54, 1.807) is 13.1 Å². The molecule has 4 heteroatoms. The zero-order valence-electron chi connectivity index (χ0n) is 8.44. The average Bonchev–Trinajstić information content (AvgIpc) is 2.20. The summed E-state index contributed by atoms with van der Waals surface area (Å²) in [5.41, 5.74) is -0.167. The van der Waals surface area contributed by atoms with Gasteiger partial charge in [0.05, 0.1) is 5.56 Å². The standard InChI is InChI=1S/C8H8F3N.C2H6/c1-12-7-4-2-3-6(5-7)8(9,10)11;1-2/h2-5,12H,1H3;1-2H3. The van der Waals surface area contributed by atoms with Gasteiger partial charge in [0.2, 0.25) is 0 Å². The van der Waals surface area contributed by atoms with Crippen molar-refractivity contribution in [3.8, 4) is 0 Å². The van der Waals surface area contributed by atoms with Crippen LogP contribution in [0.1, 0.15) is 19.4 Å². The van der Waals surface area contributed by atoms with Crippen LogP contribution in [0.25, 0.3) is 0 Å². The van der Waals surface area contributed by atoms with Gasteiger partial charge in [-0.25, -0.2) is 0 Å². The first-order valence-corrected chi connectivity index (χ1v) is 4.39. The van der Waals surface area contributed by atoms with E-state index >= 15 is 0 Å². The van der Waals surface area contributed by atoms with E-state index in [0.717, 1.165) is 12.1 Å². The highest BCUT2D eigenvalue weighted by Gasteiger charge is 2.30. The summed E-state index contributed by atoms with van der Waals surface area (Å²) in [6.45, 7) is 4.00. The van der Waals surface area contributed by atoms with Gasteiger partial charge < -0.3 is 5.32 Å². The number of hydrogen-bond donors (Lipinski definition) is 1. The summed E-state index contributed by atoms with van der Waals surface area (Å²) in [5, 5.41) is 2.64. The van der Waals surface area contributed by atoms with Crippen LogP contribution in [0.3, 0.4) is 0 Å². The highest BCUT2D eigenvalue weighted by atomic mass is 19.4. The van der Waals surface area contributed by atoms with Crippen molar-refractivity contribution in [3.05, 3.63) is 29.8 Å². The van der Waals surface area contributed by atoms with Crippen LogP contribution >= 0.6 is 0 Å². The molecule has 0 radical (unpaired) electrons. The maximum Gasteiger partial charge on any atom is 0.416 e. The summed E-state index contributed by atoms with van der Waals surface area (Å²) in [6.07, 6.45) is -4.26. The summed E-state index contributed by atoms with van der Waals surface area (Å²) in [5.74, 6) is 0. The van der Waals surface area contributed by atoms with Crippen LogP contribution < -0.4 is 5.32 Å². The predicted octanol–water partition coefficient (Wildman–Crippen LogP) is 3.77. The summed E-state index contributed by atoms with van der Waals surface area (Å²) in [6, 6.07) is 5.06. The third kappa shape index (κ3) is 3.68. The number of anilines is 1. The fourth-order valence-corrected chi connectivity index (χ4v) is 0.851. The van der Waals surface area contributed by atoms with Crippen LogP contribution in [0.5, 0.6) is 0 Å². The topological polar surface area (TPSA) is 12.0 Å². The van der Waals surface area contributed by atoms with E-state index in [1.807, 2.05) is 13.8 Å². The molecular weight excluding hydrogens is 191 g/mol. The van der Waals surface area contributed by atoms with E-state index in [0.29, 0.717) is 5.69 Å². The molecule has 0 aromatic heterocycles. The molecule has 0 fully saturated rings. The lowest BCUT2D eigenvalue weighted by Crippen LogP contribution is -2.04. The zero-order chi connectivity index (χ0) is 11.2. The van der Waals surface area contributed by atoms with Gasteiger partial charge in [-0.05, 0) is 18.2 Å². The summed E-state index contributed by atoms with van der Waals surface area (Å²) < 4.78 is 36.2. The van der Waals surface area contributed by atoms with Crippen molar-refractivity contribution in [3.63, 3.8) is 0 Å². The van der Waals surface area contributed by atoms with Crippen molar-refractivity contribution < 1.29 is 13.2 Å². The monoisotopic (exact) mass is 205 g/mol. The van der Waals surface area contributed by atoms with Crippen molar-refractivity contribution in [2.45, 2.75) is 20.0 Å². The van der Waals surface area contributed by atoms with Crippen molar-refractivity contribution >= 4 is 5.69 Å². The van der Waals surface area contributed by atoms with Crippen molar-refractivity contribution in [2.75, 3.05) is 12.4 Å². The van der Waals surface area contributed by atoms with Gasteiger partial charge in [0.25, 0.3) is 0 Å². The molecule has 14 heavy (non-hydrogen) atoms. The van der Waals surface area contributed by atoms with Crippen LogP contribution in [0.2, 0.25) is 0 Å². The molecule has 1 N–H and O–H groups in total. The van der Waals surface area contributed by atoms with E-state index in [-0.39, 0.29) is 0 Å². The molecule has 1 aromatic carbocycles. The molecule has 0 aliphatic carbocycles. The fourth-order valence-electron chi connectivity index (χ4n) is 0.851. The van der Waals surface area contributed by atoms with E-state index in [4.69, 9.17) is 0 Å². The van der Waals surface area contributed by atoms with E-state index < -0.39 is 11.7 Å². The molecule has 0 amide bonds. The second-order valence-corrected chi connectivity index (χ2v) is 2.33. The second kappa shape index (κ2) is 5.52. The normalized spacial score (nSPS) is 10.1. The lowest BCUT2D eigenvalue weighted by Gasteiger charge is -2.07. The van der Waals surface area contributed by atoms with Gasteiger partial charge in [-0.3, -0.25) is 0 Å². The Kier molecular flexibility index (Phi) is 5.05. The third-order valence-electron chi connectivity index (χ3n) is 1.48. The molecule has 0 bridgehead atoms. The third-order valence-corrected chi connectivity index (χ3v) is 1.48. The Morgan fingerprint density at radius 1 is 1.14 bits per heavy atom. The van der Waals surface area contributed by atoms with Gasteiger partial charge >= 0.3 is 6.18 Å². The zero-order valence-corrected chi connectivity index (χ0v) is 8.44. The first-order valence-electron chi connectivity index (χ1n) is 4.39. The fraction of sp³-hybridized carbons (Fsp3) is 0.400. The first kappa shape index (κ1) is 12.8. The van der Waals surface area contributed by atoms with Crippen LogP contribution in [0.4, 0.5) is 18.9 Å². The molecular formula is C10H14F3N. The molecule has 0 heterocycles. The predicted molar refractivity (Wildman–Crippen MR) is 52.3 cm³/mol. The highest BCUT2D eigenvalue weighted by Crippen LogP contribution is 2.30. The Morgan fingerprint density at radius 2 is 1.71 bits per heavy atom. The molecule has 0 aliphatic heterocycles. The summed E-state index contributed by atoms with van der Waals surface area (Å²) in [7, 11) is 1.58. The first-order chi connectivity index (χ1) is 6.54. The maximum atomic E-state index is 12.1. The largest absolute Gasteiger partial charge is 0.416 e. The maximum absolute atomic E-state index is 12.1. The number of benzene rings is 1. The number of alkyl halides is 3. The van der Waals surface area contributed by atoms with Gasteiger partial charge in [0.15, 0.2) is 0 Å². The molecule has 1 rings (SSSR count). The van der Waals surface area contributed by atoms with Crippen LogP contribution in [-0.2, 0) is 6.18 Å². The van der Waals surface area contributed by atoms with Crippen LogP contribution in [0, 0.1) is 0 Å². The molecule has 80 valence electrons. The molecule has 0 aliphatic rings. The summed E-state index contributed by atoms with van der Waals surface area (Å²) >= 11 is 0. The minimum absolute atomic E-state index is 0.463. The Bertz CT molecular complexity index is 268. The van der Waals surface area contributed by atoms with Gasteiger partial charge in [-0.15, -0.1) is 0 Å². The molecule has 0 saturated heterocycles. The number of halogens is 3. The Balaban J connectivity index is 0.000000791. The van der Waals surface area contributed by atoms with Crippen LogP contribution in [0.15, 0.2) is 24.3 Å². The lowest BCUT2D eigenvalue weighted by molar-refractivity contribution is -0.137. The number of nitrogens with one attached hydrogen (secondary N) is 1. The van der Waals surface area contributed by atoms with Gasteiger partial charge in [0.1, 0.15) is 0 Å². The Hall–Kier alpha value is -1.19. The quantitative estimate of drug-likeness (QED) is 0.735. The minimum atomic E-state index is -4.26. The van der Waals surface area contributed by atoms with E-state index in [1.165, 1.54) is 6.07 Å². The van der Waals surface area contributed by atoms with Crippen molar-refractivity contribution in [1.29, 1.82) is 0 Å². The Morgan fingerprint density at radius 3 is 2.14 bits per heavy atom. The van der Waals surface area contributed by atoms with Gasteiger partial charge in [-0.2, -0.15) is 13.2 Å². The van der Waals surface area contributed by atoms with E-state index in [9.17, 15) is 13.2 Å². The van der Waals surface area contributed by atoms with E-state index in [2.05, 4.69) is 5.32 Å². The molecule has 1 nitrogen and oxygen atoms in total. The minimum Gasteiger partial charge on any atom is -0.388 e. The molecule has 0 unspecified atom stereocenters. The Labute approximate surface area is 81.9 Å². The number of rotatable bonds is 1. The SMILES string of the molecule is CC.CNc1cccc(C(F)(F)F)c1. The number of hydrogen-bond acceptors (Lipinski definition) is 1. The van der Waals surface area contributed by atoms with Crippen molar-refractivity contribution in [2.24, 2.45) is 0 Å². The lowest BCUT2D eigenvalue weighted by atomic mass is 10.2. The average molecular weight is 205 g/mol. The van der Waals surface area contributed by atoms with Gasteiger partial charge in [0, 0.05) is 12.7 Å². The highest BCUT2D eigenvalue weighted by molar-refractivity contribution is 5.45. The molecule has 0 spiro atoms. The van der Waals surface area contributed by atoms with Crippen molar-refractivity contribution in [1.82, 2.24) is 0 Å². The summed E-state index contributed by atoms with van der Waals surface area (Å²) in [4.78, 5) is 0. The molecule has 0 atom stereocenters. The second-order valence-electron chi connectivity index (χ2n) is 2.33. The molecule has 0 saturated carbocycles. The molecule has 1 aromatic rings.